The number of hydrogen-bond donors (Lipinski definition) is 1. The lowest BCUT2D eigenvalue weighted by atomic mass is 10.2. The molecule has 0 amide bonds. The van der Waals surface area contributed by atoms with E-state index in [1.165, 1.54) is 17.0 Å². The number of aryl methyl sites for hydroxylation is 1. The molecule has 1 N–H and O–H groups in total. The quantitative estimate of drug-likeness (QED) is 0.891. The van der Waals surface area contributed by atoms with E-state index in [1.807, 2.05) is 12.1 Å². The predicted molar refractivity (Wildman–Crippen MR) is 79.2 cm³/mol. The predicted octanol–water partition coefficient (Wildman–Crippen LogP) is 3.21. The zero-order chi connectivity index (χ0) is 13.8. The zero-order valence-corrected chi connectivity index (χ0v) is 12.2. The molecule has 0 saturated heterocycles. The van der Waals surface area contributed by atoms with Gasteiger partial charge in [0.05, 0.1) is 7.11 Å². The van der Waals surface area contributed by atoms with Gasteiger partial charge in [0.15, 0.2) is 0 Å². The van der Waals surface area contributed by atoms with Crippen LogP contribution in [0.15, 0.2) is 30.3 Å². The molecule has 3 heteroatoms. The Morgan fingerprint density at radius 3 is 2.68 bits per heavy atom. The van der Waals surface area contributed by atoms with Crippen molar-refractivity contribution >= 4 is 0 Å². The Labute approximate surface area is 115 Å². The average Bonchev–Trinajstić information content (AvgIpc) is 2.71. The molecule has 1 aromatic heterocycles. The van der Waals surface area contributed by atoms with Crippen LogP contribution in [-0.4, -0.2) is 18.2 Å². The maximum atomic E-state index is 5.30. The van der Waals surface area contributed by atoms with Gasteiger partial charge in [-0.2, -0.15) is 0 Å². The number of rotatable bonds is 5. The van der Waals surface area contributed by atoms with Crippen molar-refractivity contribution in [2.24, 2.45) is 0 Å². The minimum atomic E-state index is 0.887. The number of benzene rings is 1. The molecule has 1 heterocycles. The van der Waals surface area contributed by atoms with Crippen LogP contribution >= 0.6 is 0 Å². The number of aromatic nitrogens is 1. The largest absolute Gasteiger partial charge is 0.497 e. The first kappa shape index (κ1) is 13.7. The highest BCUT2D eigenvalue weighted by Gasteiger charge is 2.10. The highest BCUT2D eigenvalue weighted by molar-refractivity contribution is 5.44. The van der Waals surface area contributed by atoms with E-state index in [4.69, 9.17) is 4.74 Å². The van der Waals surface area contributed by atoms with Crippen LogP contribution < -0.4 is 10.1 Å². The molecular weight excluding hydrogens is 236 g/mol. The molecule has 0 saturated carbocycles. The Morgan fingerprint density at radius 2 is 2.00 bits per heavy atom. The van der Waals surface area contributed by atoms with Crippen LogP contribution in [0.1, 0.15) is 23.9 Å². The molecule has 3 nitrogen and oxygen atoms in total. The Morgan fingerprint density at radius 1 is 1.21 bits per heavy atom. The van der Waals surface area contributed by atoms with Crippen LogP contribution in [0.4, 0.5) is 0 Å². The van der Waals surface area contributed by atoms with E-state index < -0.39 is 0 Å². The van der Waals surface area contributed by atoms with Crippen molar-refractivity contribution in [2.75, 3.05) is 13.7 Å². The standard InChI is InChI=1S/C16H22N2O/c1-5-17-11-14-9-12(2)18(13(14)3)15-7-6-8-16(10-15)19-4/h6-10,17H,5,11H2,1-4H3. The van der Waals surface area contributed by atoms with E-state index in [9.17, 15) is 0 Å². The lowest BCUT2D eigenvalue weighted by Crippen LogP contribution is -2.12. The smallest absolute Gasteiger partial charge is 0.120 e. The lowest BCUT2D eigenvalue weighted by Gasteiger charge is -2.11. The Kier molecular flexibility index (Phi) is 4.27. The van der Waals surface area contributed by atoms with Gasteiger partial charge in [0.1, 0.15) is 5.75 Å². The van der Waals surface area contributed by atoms with Gasteiger partial charge in [-0.3, -0.25) is 0 Å². The van der Waals surface area contributed by atoms with Crippen LogP contribution in [0, 0.1) is 13.8 Å². The second-order valence-corrected chi connectivity index (χ2v) is 4.71. The Balaban J connectivity index is 2.41. The molecule has 0 unspecified atom stereocenters. The number of methoxy groups -OCH3 is 1. The first-order chi connectivity index (χ1) is 9.17. The zero-order valence-electron chi connectivity index (χ0n) is 12.2. The van der Waals surface area contributed by atoms with E-state index in [1.54, 1.807) is 7.11 Å². The minimum Gasteiger partial charge on any atom is -0.497 e. The molecule has 19 heavy (non-hydrogen) atoms. The second-order valence-electron chi connectivity index (χ2n) is 4.71. The Hall–Kier alpha value is -1.74. The monoisotopic (exact) mass is 258 g/mol. The summed E-state index contributed by atoms with van der Waals surface area (Å²) in [5.74, 6) is 0.887. The molecule has 0 aliphatic carbocycles. The molecular formula is C16H22N2O. The molecule has 0 bridgehead atoms. The summed E-state index contributed by atoms with van der Waals surface area (Å²) in [5, 5.41) is 3.38. The summed E-state index contributed by atoms with van der Waals surface area (Å²) in [7, 11) is 1.70. The number of hydrogen-bond acceptors (Lipinski definition) is 2. The molecule has 0 aliphatic heterocycles. The van der Waals surface area contributed by atoms with Crippen molar-refractivity contribution in [3.63, 3.8) is 0 Å². The van der Waals surface area contributed by atoms with Gasteiger partial charge in [0, 0.05) is 29.7 Å². The third-order valence-corrected chi connectivity index (χ3v) is 3.41. The van der Waals surface area contributed by atoms with Crippen molar-refractivity contribution in [2.45, 2.75) is 27.3 Å². The number of nitrogens with one attached hydrogen (secondary N) is 1. The van der Waals surface area contributed by atoms with Crippen molar-refractivity contribution in [3.8, 4) is 11.4 Å². The van der Waals surface area contributed by atoms with Gasteiger partial charge in [-0.15, -0.1) is 0 Å². The SMILES string of the molecule is CCNCc1cc(C)n(-c2cccc(OC)c2)c1C. The van der Waals surface area contributed by atoms with E-state index >= 15 is 0 Å². The second kappa shape index (κ2) is 5.93. The molecule has 0 radical (unpaired) electrons. The molecule has 102 valence electrons. The summed E-state index contributed by atoms with van der Waals surface area (Å²) in [4.78, 5) is 0. The molecule has 2 aromatic rings. The van der Waals surface area contributed by atoms with Crippen LogP contribution in [0.25, 0.3) is 5.69 Å². The van der Waals surface area contributed by atoms with Crippen molar-refractivity contribution < 1.29 is 4.74 Å². The molecule has 1 aromatic carbocycles. The molecule has 0 fully saturated rings. The first-order valence-electron chi connectivity index (χ1n) is 6.70. The summed E-state index contributed by atoms with van der Waals surface area (Å²) in [5.41, 5.74) is 5.03. The molecule has 0 aliphatic rings. The van der Waals surface area contributed by atoms with Crippen molar-refractivity contribution in [1.29, 1.82) is 0 Å². The molecule has 0 spiro atoms. The summed E-state index contributed by atoms with van der Waals surface area (Å²) >= 11 is 0. The third-order valence-electron chi connectivity index (χ3n) is 3.41. The van der Waals surface area contributed by atoms with E-state index in [-0.39, 0.29) is 0 Å². The summed E-state index contributed by atoms with van der Waals surface area (Å²) in [6, 6.07) is 10.4. The maximum absolute atomic E-state index is 5.30. The van der Waals surface area contributed by atoms with Gasteiger partial charge in [-0.1, -0.05) is 13.0 Å². The molecule has 0 atom stereocenters. The summed E-state index contributed by atoms with van der Waals surface area (Å²) in [6.07, 6.45) is 0. The number of ether oxygens (including phenoxy) is 1. The van der Waals surface area contributed by atoms with E-state index in [0.717, 1.165) is 24.5 Å². The Bertz CT molecular complexity index is 558. The molecule has 2 rings (SSSR count). The fourth-order valence-electron chi connectivity index (χ4n) is 2.41. The fraction of sp³-hybridized carbons (Fsp3) is 0.375. The van der Waals surface area contributed by atoms with Crippen LogP contribution in [0.3, 0.4) is 0 Å². The van der Waals surface area contributed by atoms with E-state index in [2.05, 4.69) is 48.9 Å². The highest BCUT2D eigenvalue weighted by atomic mass is 16.5. The van der Waals surface area contributed by atoms with E-state index in [0.29, 0.717) is 0 Å². The van der Waals surface area contributed by atoms with Gasteiger partial charge in [-0.05, 0) is 44.2 Å². The maximum Gasteiger partial charge on any atom is 0.120 e. The van der Waals surface area contributed by atoms with Gasteiger partial charge in [-0.25, -0.2) is 0 Å². The van der Waals surface area contributed by atoms with Gasteiger partial charge in [0.2, 0.25) is 0 Å². The van der Waals surface area contributed by atoms with Crippen molar-refractivity contribution in [1.82, 2.24) is 9.88 Å². The fourth-order valence-corrected chi connectivity index (χ4v) is 2.41. The average molecular weight is 258 g/mol. The van der Waals surface area contributed by atoms with Gasteiger partial charge >= 0.3 is 0 Å². The third kappa shape index (κ3) is 2.82. The normalized spacial score (nSPS) is 10.7. The highest BCUT2D eigenvalue weighted by Crippen LogP contribution is 2.23. The van der Waals surface area contributed by atoms with Crippen LogP contribution in [0.2, 0.25) is 0 Å². The van der Waals surface area contributed by atoms with Crippen LogP contribution in [-0.2, 0) is 6.54 Å². The first-order valence-corrected chi connectivity index (χ1v) is 6.70. The lowest BCUT2D eigenvalue weighted by molar-refractivity contribution is 0.414. The minimum absolute atomic E-state index is 0.887. The topological polar surface area (TPSA) is 26.2 Å². The summed E-state index contributed by atoms with van der Waals surface area (Å²) < 4.78 is 7.58. The van der Waals surface area contributed by atoms with Gasteiger partial charge in [0.25, 0.3) is 0 Å². The van der Waals surface area contributed by atoms with Crippen molar-refractivity contribution in [3.05, 3.63) is 47.3 Å². The van der Waals surface area contributed by atoms with Crippen LogP contribution in [0.5, 0.6) is 5.75 Å². The number of nitrogens with zero attached hydrogens (tertiary/aromatic N) is 1. The summed E-state index contributed by atoms with van der Waals surface area (Å²) in [6.45, 7) is 8.34. The van der Waals surface area contributed by atoms with Gasteiger partial charge < -0.3 is 14.6 Å².